The molecule has 0 radical (unpaired) electrons. The molecule has 1 heterocycles. The molecule has 4 nitrogen and oxygen atoms in total. The highest BCUT2D eigenvalue weighted by Gasteiger charge is 2.14. The second kappa shape index (κ2) is 4.82. The third-order valence-corrected chi connectivity index (χ3v) is 3.14. The summed E-state index contributed by atoms with van der Waals surface area (Å²) in [5.74, 6) is -0.574. The molecule has 0 spiro atoms. The number of rotatable bonds is 4. The fraction of sp³-hybridized carbons (Fsp3) is 0.357. The Morgan fingerprint density at radius 3 is 2.67 bits per heavy atom. The van der Waals surface area contributed by atoms with Crippen LogP contribution < -0.4 is 0 Å². The molecule has 0 aliphatic carbocycles. The SMILES string of the molecule is CC(C)c1ccc2c(c1)c(C(=O)O)cn2CCO. The van der Waals surface area contributed by atoms with Gasteiger partial charge < -0.3 is 14.8 Å². The molecule has 0 saturated carbocycles. The van der Waals surface area contributed by atoms with Crippen molar-refractivity contribution in [3.8, 4) is 0 Å². The van der Waals surface area contributed by atoms with Crippen LogP contribution in [0.15, 0.2) is 24.4 Å². The summed E-state index contributed by atoms with van der Waals surface area (Å²) >= 11 is 0. The Morgan fingerprint density at radius 1 is 1.39 bits per heavy atom. The van der Waals surface area contributed by atoms with Crippen LogP contribution in [0.25, 0.3) is 10.9 Å². The number of aromatic nitrogens is 1. The lowest BCUT2D eigenvalue weighted by Gasteiger charge is -2.07. The van der Waals surface area contributed by atoms with Crippen LogP contribution in [0, 0.1) is 0 Å². The first-order valence-electron chi connectivity index (χ1n) is 6.01. The summed E-state index contributed by atoms with van der Waals surface area (Å²) < 4.78 is 1.78. The smallest absolute Gasteiger partial charge is 0.337 e. The summed E-state index contributed by atoms with van der Waals surface area (Å²) in [6, 6.07) is 5.86. The Bertz CT molecular complexity index is 584. The van der Waals surface area contributed by atoms with Crippen molar-refractivity contribution in [1.29, 1.82) is 0 Å². The van der Waals surface area contributed by atoms with E-state index >= 15 is 0 Å². The molecule has 0 fully saturated rings. The van der Waals surface area contributed by atoms with Gasteiger partial charge >= 0.3 is 5.97 Å². The van der Waals surface area contributed by atoms with Crippen LogP contribution in [0.2, 0.25) is 0 Å². The summed E-state index contributed by atoms with van der Waals surface area (Å²) in [6.45, 7) is 4.55. The summed E-state index contributed by atoms with van der Waals surface area (Å²) in [5.41, 5.74) is 2.26. The van der Waals surface area contributed by atoms with Crippen LogP contribution in [0.3, 0.4) is 0 Å². The molecule has 4 heteroatoms. The number of nitrogens with zero attached hydrogens (tertiary/aromatic N) is 1. The number of aromatic carboxylic acids is 1. The number of carbonyl (C=O) groups is 1. The molecule has 0 unspecified atom stereocenters. The first-order valence-corrected chi connectivity index (χ1v) is 6.01. The molecule has 2 rings (SSSR count). The van der Waals surface area contributed by atoms with E-state index in [1.54, 1.807) is 10.8 Å². The van der Waals surface area contributed by atoms with E-state index in [1.807, 2.05) is 18.2 Å². The number of fused-ring (bicyclic) bond motifs is 1. The largest absolute Gasteiger partial charge is 0.478 e. The highest BCUT2D eigenvalue weighted by molar-refractivity contribution is 6.03. The Morgan fingerprint density at radius 2 is 2.11 bits per heavy atom. The summed E-state index contributed by atoms with van der Waals surface area (Å²) in [4.78, 5) is 11.2. The monoisotopic (exact) mass is 247 g/mol. The van der Waals surface area contributed by atoms with E-state index in [0.29, 0.717) is 18.0 Å². The minimum absolute atomic E-state index is 0.00519. The van der Waals surface area contributed by atoms with E-state index < -0.39 is 5.97 Å². The molecule has 0 amide bonds. The fourth-order valence-corrected chi connectivity index (χ4v) is 2.14. The number of hydrogen-bond acceptors (Lipinski definition) is 2. The maximum Gasteiger partial charge on any atom is 0.337 e. The lowest BCUT2D eigenvalue weighted by atomic mass is 10.0. The van der Waals surface area contributed by atoms with Crippen LogP contribution in [-0.4, -0.2) is 27.4 Å². The minimum atomic E-state index is -0.933. The topological polar surface area (TPSA) is 62.5 Å². The maximum atomic E-state index is 11.2. The van der Waals surface area contributed by atoms with Gasteiger partial charge in [-0.15, -0.1) is 0 Å². The predicted molar refractivity (Wildman–Crippen MR) is 70.1 cm³/mol. The summed E-state index contributed by atoms with van der Waals surface area (Å²) in [7, 11) is 0. The number of carboxylic acids is 1. The molecule has 0 atom stereocenters. The zero-order chi connectivity index (χ0) is 13.3. The molecule has 18 heavy (non-hydrogen) atoms. The van der Waals surface area contributed by atoms with Gasteiger partial charge in [0.05, 0.1) is 12.2 Å². The van der Waals surface area contributed by atoms with Crippen molar-refractivity contribution >= 4 is 16.9 Å². The Labute approximate surface area is 105 Å². The first-order chi connectivity index (χ1) is 8.54. The van der Waals surface area contributed by atoms with Crippen molar-refractivity contribution in [1.82, 2.24) is 4.57 Å². The standard InChI is InChI=1S/C14H17NO3/c1-9(2)10-3-4-13-11(7-10)12(14(17)18)8-15(13)5-6-16/h3-4,7-9,16H,5-6H2,1-2H3,(H,17,18). The lowest BCUT2D eigenvalue weighted by molar-refractivity contribution is 0.0698. The van der Waals surface area contributed by atoms with Crippen LogP contribution in [-0.2, 0) is 6.54 Å². The van der Waals surface area contributed by atoms with E-state index in [-0.39, 0.29) is 6.61 Å². The summed E-state index contributed by atoms with van der Waals surface area (Å²) in [6.07, 6.45) is 1.59. The van der Waals surface area contributed by atoms with Gasteiger partial charge in [-0.1, -0.05) is 19.9 Å². The van der Waals surface area contributed by atoms with Gasteiger partial charge in [0, 0.05) is 23.6 Å². The van der Waals surface area contributed by atoms with Gasteiger partial charge in [-0.05, 0) is 23.6 Å². The number of carboxylic acid groups (broad SMARTS) is 1. The molecule has 0 aliphatic heterocycles. The van der Waals surface area contributed by atoms with Gasteiger partial charge in [-0.25, -0.2) is 4.79 Å². The van der Waals surface area contributed by atoms with Crippen LogP contribution in [0.4, 0.5) is 0 Å². The van der Waals surface area contributed by atoms with E-state index in [1.165, 1.54) is 0 Å². The third-order valence-electron chi connectivity index (χ3n) is 3.14. The minimum Gasteiger partial charge on any atom is -0.478 e. The Kier molecular flexibility index (Phi) is 3.39. The molecule has 1 aromatic heterocycles. The molecular weight excluding hydrogens is 230 g/mol. The third kappa shape index (κ3) is 2.11. The lowest BCUT2D eigenvalue weighted by Crippen LogP contribution is -2.00. The van der Waals surface area contributed by atoms with E-state index in [9.17, 15) is 9.90 Å². The average molecular weight is 247 g/mol. The molecule has 0 saturated heterocycles. The maximum absolute atomic E-state index is 11.2. The number of benzene rings is 1. The van der Waals surface area contributed by atoms with Gasteiger partial charge in [-0.3, -0.25) is 0 Å². The van der Waals surface area contributed by atoms with Gasteiger partial charge in [0.25, 0.3) is 0 Å². The highest BCUT2D eigenvalue weighted by atomic mass is 16.4. The van der Waals surface area contributed by atoms with Gasteiger partial charge in [0.2, 0.25) is 0 Å². The number of aliphatic hydroxyl groups is 1. The van der Waals surface area contributed by atoms with E-state index in [4.69, 9.17) is 5.11 Å². The van der Waals surface area contributed by atoms with Crippen molar-refractivity contribution in [3.05, 3.63) is 35.5 Å². The number of aliphatic hydroxyl groups excluding tert-OH is 1. The van der Waals surface area contributed by atoms with Crippen LogP contribution >= 0.6 is 0 Å². The summed E-state index contributed by atoms with van der Waals surface area (Å²) in [5, 5.41) is 19.0. The molecule has 2 N–H and O–H groups in total. The van der Waals surface area contributed by atoms with E-state index in [0.717, 1.165) is 16.5 Å². The normalized spacial score (nSPS) is 11.3. The van der Waals surface area contributed by atoms with Gasteiger partial charge in [0.15, 0.2) is 0 Å². The fourth-order valence-electron chi connectivity index (χ4n) is 2.14. The van der Waals surface area contributed by atoms with Gasteiger partial charge in [0.1, 0.15) is 0 Å². The first kappa shape index (κ1) is 12.6. The molecule has 1 aromatic carbocycles. The van der Waals surface area contributed by atoms with Crippen LogP contribution in [0.5, 0.6) is 0 Å². The zero-order valence-electron chi connectivity index (χ0n) is 10.6. The second-order valence-corrected chi connectivity index (χ2v) is 4.70. The van der Waals surface area contributed by atoms with Crippen molar-refractivity contribution in [3.63, 3.8) is 0 Å². The van der Waals surface area contributed by atoms with Gasteiger partial charge in [-0.2, -0.15) is 0 Å². The molecule has 2 aromatic rings. The molecular formula is C14H17NO3. The Hall–Kier alpha value is -1.81. The molecule has 0 aliphatic rings. The predicted octanol–water partition coefficient (Wildman–Crippen LogP) is 2.46. The quantitative estimate of drug-likeness (QED) is 0.872. The van der Waals surface area contributed by atoms with E-state index in [2.05, 4.69) is 13.8 Å². The molecule has 0 bridgehead atoms. The van der Waals surface area contributed by atoms with Crippen LogP contribution in [0.1, 0.15) is 35.7 Å². The second-order valence-electron chi connectivity index (χ2n) is 4.70. The zero-order valence-corrected chi connectivity index (χ0v) is 10.6. The average Bonchev–Trinajstić information content (AvgIpc) is 2.68. The highest BCUT2D eigenvalue weighted by Crippen LogP contribution is 2.26. The number of hydrogen-bond donors (Lipinski definition) is 2. The van der Waals surface area contributed by atoms with Crippen molar-refractivity contribution in [2.75, 3.05) is 6.61 Å². The Balaban J connectivity index is 2.67. The molecule has 96 valence electrons. The van der Waals surface area contributed by atoms with Crippen molar-refractivity contribution in [2.45, 2.75) is 26.3 Å². The van der Waals surface area contributed by atoms with Crippen molar-refractivity contribution in [2.24, 2.45) is 0 Å². The van der Waals surface area contributed by atoms with Crippen molar-refractivity contribution < 1.29 is 15.0 Å².